The van der Waals surface area contributed by atoms with Gasteiger partial charge in [-0.1, -0.05) is 42.5 Å². The molecule has 140 valence electrons. The largest absolute Gasteiger partial charge is 0.490 e. The summed E-state index contributed by atoms with van der Waals surface area (Å²) in [5, 5.41) is 2.84. The Labute approximate surface area is 158 Å². The molecule has 1 amide bonds. The predicted molar refractivity (Wildman–Crippen MR) is 102 cm³/mol. The fourth-order valence-corrected chi connectivity index (χ4v) is 2.64. The van der Waals surface area contributed by atoms with Crippen LogP contribution in [0.25, 0.3) is 11.3 Å². The van der Waals surface area contributed by atoms with Gasteiger partial charge >= 0.3 is 0 Å². The second-order valence-electron chi connectivity index (χ2n) is 6.11. The molecule has 1 aromatic heterocycles. The number of hydrogen-bond acceptors (Lipinski definition) is 3. The van der Waals surface area contributed by atoms with Crippen LogP contribution in [0.3, 0.4) is 0 Å². The minimum absolute atomic E-state index is 0.0430. The minimum atomic E-state index is -0.380. The Bertz CT molecular complexity index is 861. The molecule has 1 N–H and O–H groups in total. The third-order valence-electron chi connectivity index (χ3n) is 4.06. The molecule has 1 heterocycles. The maximum Gasteiger partial charge on any atom is 0.220 e. The number of halogens is 1. The van der Waals surface area contributed by atoms with Crippen molar-refractivity contribution >= 4 is 5.91 Å². The number of benzene rings is 2. The second-order valence-corrected chi connectivity index (χ2v) is 6.11. The fourth-order valence-electron chi connectivity index (χ4n) is 2.64. The monoisotopic (exact) mass is 367 g/mol. The van der Waals surface area contributed by atoms with Crippen LogP contribution in [0.15, 0.2) is 71.1 Å². The number of ether oxygens (including phenoxy) is 1. The van der Waals surface area contributed by atoms with E-state index < -0.39 is 0 Å². The highest BCUT2D eigenvalue weighted by Gasteiger charge is 2.07. The van der Waals surface area contributed by atoms with E-state index in [1.54, 1.807) is 18.2 Å². The van der Waals surface area contributed by atoms with Crippen molar-refractivity contribution in [3.8, 4) is 17.1 Å². The molecule has 0 saturated heterocycles. The molecule has 0 aliphatic rings. The number of para-hydroxylation sites is 1. The summed E-state index contributed by atoms with van der Waals surface area (Å²) >= 11 is 0. The third kappa shape index (κ3) is 5.71. The summed E-state index contributed by atoms with van der Waals surface area (Å²) in [5.41, 5.74) is 1.02. The third-order valence-corrected chi connectivity index (χ3v) is 4.06. The van der Waals surface area contributed by atoms with Crippen LogP contribution in [-0.2, 0) is 11.2 Å². The van der Waals surface area contributed by atoms with Gasteiger partial charge in [-0.2, -0.15) is 0 Å². The van der Waals surface area contributed by atoms with Gasteiger partial charge in [-0.05, 0) is 30.7 Å². The zero-order chi connectivity index (χ0) is 18.9. The molecule has 5 heteroatoms. The molecule has 3 rings (SSSR count). The Kier molecular flexibility index (Phi) is 6.63. The molecule has 3 aromatic rings. The SMILES string of the molecule is O=C(CCc1ccc(-c2ccccc2)o1)NCCCOc1ccccc1F. The standard InChI is InChI=1S/C22H22FNO3/c23-19-9-4-5-10-21(19)26-16-6-15-24-22(25)14-12-18-11-13-20(27-18)17-7-2-1-3-8-17/h1-5,7-11,13H,6,12,14-16H2,(H,24,25). The second kappa shape index (κ2) is 9.57. The molecule has 0 bridgehead atoms. The molecular weight excluding hydrogens is 345 g/mol. The van der Waals surface area contributed by atoms with Crippen molar-refractivity contribution in [1.82, 2.24) is 5.32 Å². The van der Waals surface area contributed by atoms with E-state index in [2.05, 4.69) is 5.32 Å². The topological polar surface area (TPSA) is 51.5 Å². The number of aryl methyl sites for hydroxylation is 1. The van der Waals surface area contributed by atoms with Crippen molar-refractivity contribution in [2.75, 3.05) is 13.2 Å². The lowest BCUT2D eigenvalue weighted by Gasteiger charge is -2.08. The van der Waals surface area contributed by atoms with Gasteiger partial charge in [-0.15, -0.1) is 0 Å². The van der Waals surface area contributed by atoms with Crippen LogP contribution in [0.1, 0.15) is 18.6 Å². The summed E-state index contributed by atoms with van der Waals surface area (Å²) in [6.07, 6.45) is 1.51. The van der Waals surface area contributed by atoms with E-state index >= 15 is 0 Å². The van der Waals surface area contributed by atoms with E-state index in [0.717, 1.165) is 17.1 Å². The number of rotatable bonds is 9. The van der Waals surface area contributed by atoms with Crippen LogP contribution < -0.4 is 10.1 Å². The van der Waals surface area contributed by atoms with Gasteiger partial charge in [0.2, 0.25) is 5.91 Å². The smallest absolute Gasteiger partial charge is 0.220 e. The first-order chi connectivity index (χ1) is 13.2. The van der Waals surface area contributed by atoms with E-state index in [0.29, 0.717) is 32.4 Å². The van der Waals surface area contributed by atoms with Crippen molar-refractivity contribution in [1.29, 1.82) is 0 Å². The lowest BCUT2D eigenvalue weighted by Crippen LogP contribution is -2.25. The molecule has 0 aliphatic heterocycles. The van der Waals surface area contributed by atoms with E-state index in [1.165, 1.54) is 6.07 Å². The number of nitrogens with one attached hydrogen (secondary N) is 1. The van der Waals surface area contributed by atoms with E-state index in [1.807, 2.05) is 42.5 Å². The number of hydrogen-bond donors (Lipinski definition) is 1. The molecule has 0 unspecified atom stereocenters. The number of carbonyl (C=O) groups excluding carboxylic acids is 1. The normalized spacial score (nSPS) is 10.6. The lowest BCUT2D eigenvalue weighted by molar-refractivity contribution is -0.121. The first kappa shape index (κ1) is 18.7. The van der Waals surface area contributed by atoms with Gasteiger partial charge < -0.3 is 14.5 Å². The molecular formula is C22H22FNO3. The Balaban J connectivity index is 1.33. The highest BCUT2D eigenvalue weighted by molar-refractivity contribution is 5.76. The predicted octanol–water partition coefficient (Wildman–Crippen LogP) is 4.60. The molecule has 0 aliphatic carbocycles. The van der Waals surface area contributed by atoms with Gasteiger partial charge in [0.1, 0.15) is 11.5 Å². The summed E-state index contributed by atoms with van der Waals surface area (Å²) in [4.78, 5) is 11.9. The Morgan fingerprint density at radius 2 is 1.78 bits per heavy atom. The quantitative estimate of drug-likeness (QED) is 0.562. The van der Waals surface area contributed by atoms with Crippen LogP contribution in [-0.4, -0.2) is 19.1 Å². The van der Waals surface area contributed by atoms with Crippen molar-refractivity contribution in [2.24, 2.45) is 0 Å². The molecule has 0 fully saturated rings. The maximum atomic E-state index is 13.4. The summed E-state index contributed by atoms with van der Waals surface area (Å²) in [6.45, 7) is 0.834. The van der Waals surface area contributed by atoms with Gasteiger partial charge in [0.15, 0.2) is 11.6 Å². The zero-order valence-corrected chi connectivity index (χ0v) is 15.0. The summed E-state index contributed by atoms with van der Waals surface area (Å²) in [5.74, 6) is 1.40. The number of furan rings is 1. The van der Waals surface area contributed by atoms with Crippen molar-refractivity contribution < 1.29 is 18.3 Å². The molecule has 0 radical (unpaired) electrons. The zero-order valence-electron chi connectivity index (χ0n) is 15.0. The average Bonchev–Trinajstić information content (AvgIpc) is 3.17. The van der Waals surface area contributed by atoms with Crippen molar-refractivity contribution in [3.63, 3.8) is 0 Å². The lowest BCUT2D eigenvalue weighted by atomic mass is 10.2. The van der Waals surface area contributed by atoms with Gasteiger partial charge in [-0.3, -0.25) is 4.79 Å². The Morgan fingerprint density at radius 1 is 1.00 bits per heavy atom. The first-order valence-electron chi connectivity index (χ1n) is 9.00. The summed E-state index contributed by atoms with van der Waals surface area (Å²) in [6, 6.07) is 19.9. The summed E-state index contributed by atoms with van der Waals surface area (Å²) in [7, 11) is 0. The molecule has 0 atom stereocenters. The van der Waals surface area contributed by atoms with Crippen molar-refractivity contribution in [2.45, 2.75) is 19.3 Å². The first-order valence-corrected chi connectivity index (χ1v) is 9.00. The van der Waals surface area contributed by atoms with Crippen LogP contribution >= 0.6 is 0 Å². The van der Waals surface area contributed by atoms with Gasteiger partial charge in [0.25, 0.3) is 0 Å². The summed E-state index contributed by atoms with van der Waals surface area (Å²) < 4.78 is 24.5. The minimum Gasteiger partial charge on any atom is -0.490 e. The molecule has 4 nitrogen and oxygen atoms in total. The van der Waals surface area contributed by atoms with Crippen LogP contribution in [0, 0.1) is 5.82 Å². The van der Waals surface area contributed by atoms with E-state index in [-0.39, 0.29) is 17.5 Å². The molecule has 0 spiro atoms. The highest BCUT2D eigenvalue weighted by atomic mass is 19.1. The number of amides is 1. The van der Waals surface area contributed by atoms with Gasteiger partial charge in [0, 0.05) is 24.9 Å². The molecule has 27 heavy (non-hydrogen) atoms. The van der Waals surface area contributed by atoms with E-state index in [4.69, 9.17) is 9.15 Å². The van der Waals surface area contributed by atoms with Gasteiger partial charge in [0.05, 0.1) is 6.61 Å². The molecule has 0 saturated carbocycles. The van der Waals surface area contributed by atoms with Crippen LogP contribution in [0.2, 0.25) is 0 Å². The molecule has 2 aromatic carbocycles. The Hall–Kier alpha value is -3.08. The highest BCUT2D eigenvalue weighted by Crippen LogP contribution is 2.22. The van der Waals surface area contributed by atoms with Gasteiger partial charge in [-0.25, -0.2) is 4.39 Å². The fraction of sp³-hybridized carbons (Fsp3) is 0.227. The van der Waals surface area contributed by atoms with Crippen LogP contribution in [0.5, 0.6) is 5.75 Å². The maximum absolute atomic E-state index is 13.4. The van der Waals surface area contributed by atoms with E-state index in [9.17, 15) is 9.18 Å². The van der Waals surface area contributed by atoms with Crippen molar-refractivity contribution in [3.05, 3.63) is 78.3 Å². The van der Waals surface area contributed by atoms with Crippen LogP contribution in [0.4, 0.5) is 4.39 Å². The Morgan fingerprint density at radius 3 is 2.59 bits per heavy atom. The number of carbonyl (C=O) groups is 1. The average molecular weight is 367 g/mol.